The van der Waals surface area contributed by atoms with E-state index in [2.05, 4.69) is 20.6 Å². The standard InChI is InChI=1S/C17H18Cl2N4O/c1-10-20-15(9-16(21-10)22-12-4-2-3-5-12)17(24)23-14-7-6-11(18)8-13(14)19/h6-9,12H,2-5H2,1H3,(H,23,24)(H,20,21,22). The summed E-state index contributed by atoms with van der Waals surface area (Å²) >= 11 is 12.0. The Kier molecular flexibility index (Phi) is 5.21. The molecule has 0 spiro atoms. The summed E-state index contributed by atoms with van der Waals surface area (Å²) in [6.07, 6.45) is 4.71. The smallest absolute Gasteiger partial charge is 0.274 e. The highest BCUT2D eigenvalue weighted by Gasteiger charge is 2.17. The average molecular weight is 365 g/mol. The highest BCUT2D eigenvalue weighted by molar-refractivity contribution is 6.36. The number of rotatable bonds is 4. The minimum atomic E-state index is -0.334. The fourth-order valence-electron chi connectivity index (χ4n) is 2.81. The molecule has 5 nitrogen and oxygen atoms in total. The van der Waals surface area contributed by atoms with Crippen molar-refractivity contribution in [3.63, 3.8) is 0 Å². The summed E-state index contributed by atoms with van der Waals surface area (Å²) in [4.78, 5) is 21.1. The Morgan fingerprint density at radius 3 is 2.62 bits per heavy atom. The molecule has 0 saturated heterocycles. The third kappa shape index (κ3) is 4.16. The Bertz CT molecular complexity index is 760. The van der Waals surface area contributed by atoms with Gasteiger partial charge in [0.15, 0.2) is 0 Å². The first-order chi connectivity index (χ1) is 11.5. The first kappa shape index (κ1) is 17.0. The molecule has 3 rings (SSSR count). The van der Waals surface area contributed by atoms with Crippen molar-refractivity contribution >= 4 is 40.6 Å². The molecule has 126 valence electrons. The van der Waals surface area contributed by atoms with Crippen LogP contribution in [-0.2, 0) is 0 Å². The number of hydrogen-bond donors (Lipinski definition) is 2. The average Bonchev–Trinajstić information content (AvgIpc) is 3.02. The second-order valence-corrected chi connectivity index (χ2v) is 6.73. The Hall–Kier alpha value is -1.85. The first-order valence-electron chi connectivity index (χ1n) is 7.90. The van der Waals surface area contributed by atoms with Gasteiger partial charge < -0.3 is 10.6 Å². The molecule has 2 N–H and O–H groups in total. The number of carbonyl (C=O) groups is 1. The lowest BCUT2D eigenvalue weighted by molar-refractivity contribution is 0.102. The van der Waals surface area contributed by atoms with E-state index in [0.29, 0.717) is 39.1 Å². The van der Waals surface area contributed by atoms with Crippen molar-refractivity contribution in [1.29, 1.82) is 0 Å². The Morgan fingerprint density at radius 1 is 1.17 bits per heavy atom. The molecular formula is C17H18Cl2N4O. The summed E-state index contributed by atoms with van der Waals surface area (Å²) in [6, 6.07) is 7.00. The van der Waals surface area contributed by atoms with Gasteiger partial charge in [0.2, 0.25) is 0 Å². The lowest BCUT2D eigenvalue weighted by Gasteiger charge is -2.14. The fraction of sp³-hybridized carbons (Fsp3) is 0.353. The maximum absolute atomic E-state index is 12.5. The van der Waals surface area contributed by atoms with E-state index in [0.717, 1.165) is 12.8 Å². The van der Waals surface area contributed by atoms with Crippen LogP contribution in [0.2, 0.25) is 10.0 Å². The van der Waals surface area contributed by atoms with Crippen molar-refractivity contribution in [3.8, 4) is 0 Å². The number of nitrogens with zero attached hydrogens (tertiary/aromatic N) is 2. The van der Waals surface area contributed by atoms with Crippen LogP contribution in [0.3, 0.4) is 0 Å². The summed E-state index contributed by atoms with van der Waals surface area (Å²) in [5.41, 5.74) is 0.793. The third-order valence-electron chi connectivity index (χ3n) is 3.96. The van der Waals surface area contributed by atoms with E-state index in [1.54, 1.807) is 31.2 Å². The van der Waals surface area contributed by atoms with E-state index in [1.165, 1.54) is 12.8 Å². The van der Waals surface area contributed by atoms with Crippen molar-refractivity contribution < 1.29 is 4.79 Å². The van der Waals surface area contributed by atoms with Gasteiger partial charge in [-0.3, -0.25) is 4.79 Å². The van der Waals surface area contributed by atoms with Gasteiger partial charge in [-0.05, 0) is 38.0 Å². The van der Waals surface area contributed by atoms with Crippen LogP contribution >= 0.6 is 23.2 Å². The van der Waals surface area contributed by atoms with Crippen LogP contribution in [-0.4, -0.2) is 21.9 Å². The first-order valence-corrected chi connectivity index (χ1v) is 8.65. The lowest BCUT2D eigenvalue weighted by Crippen LogP contribution is -2.19. The van der Waals surface area contributed by atoms with E-state index >= 15 is 0 Å². The summed E-state index contributed by atoms with van der Waals surface area (Å²) < 4.78 is 0. The number of halogens is 2. The molecule has 0 unspecified atom stereocenters. The molecule has 0 aliphatic heterocycles. The molecule has 1 aliphatic rings. The zero-order valence-electron chi connectivity index (χ0n) is 13.3. The molecule has 0 bridgehead atoms. The quantitative estimate of drug-likeness (QED) is 0.824. The largest absolute Gasteiger partial charge is 0.367 e. The van der Waals surface area contributed by atoms with Gasteiger partial charge in [0.25, 0.3) is 5.91 Å². The van der Waals surface area contributed by atoms with Crippen LogP contribution in [0.5, 0.6) is 0 Å². The van der Waals surface area contributed by atoms with Crippen molar-refractivity contribution in [2.75, 3.05) is 10.6 Å². The molecular weight excluding hydrogens is 347 g/mol. The molecule has 24 heavy (non-hydrogen) atoms. The van der Waals surface area contributed by atoms with Gasteiger partial charge in [0.1, 0.15) is 17.3 Å². The second kappa shape index (κ2) is 7.36. The number of hydrogen-bond acceptors (Lipinski definition) is 4. The highest BCUT2D eigenvalue weighted by atomic mass is 35.5. The number of aryl methyl sites for hydroxylation is 1. The Morgan fingerprint density at radius 2 is 1.92 bits per heavy atom. The van der Waals surface area contributed by atoms with Crippen LogP contribution in [0.25, 0.3) is 0 Å². The number of benzene rings is 1. The Balaban J connectivity index is 1.77. The zero-order valence-corrected chi connectivity index (χ0v) is 14.8. The monoisotopic (exact) mass is 364 g/mol. The summed E-state index contributed by atoms with van der Waals surface area (Å²) in [5, 5.41) is 7.03. The maximum Gasteiger partial charge on any atom is 0.274 e. The molecule has 1 aliphatic carbocycles. The van der Waals surface area contributed by atoms with Gasteiger partial charge in [0.05, 0.1) is 10.7 Å². The number of amides is 1. The van der Waals surface area contributed by atoms with Gasteiger partial charge in [-0.1, -0.05) is 36.0 Å². The zero-order chi connectivity index (χ0) is 17.1. The van der Waals surface area contributed by atoms with Crippen molar-refractivity contribution in [2.24, 2.45) is 0 Å². The topological polar surface area (TPSA) is 66.9 Å². The number of carbonyl (C=O) groups excluding carboxylic acids is 1. The van der Waals surface area contributed by atoms with Gasteiger partial charge in [-0.25, -0.2) is 9.97 Å². The number of nitrogens with one attached hydrogen (secondary N) is 2. The predicted octanol–water partition coefficient (Wildman–Crippen LogP) is 4.70. The minimum Gasteiger partial charge on any atom is -0.367 e. The Labute approximate surface area is 150 Å². The molecule has 1 heterocycles. The molecule has 1 amide bonds. The number of aromatic nitrogens is 2. The highest BCUT2D eigenvalue weighted by Crippen LogP contribution is 2.26. The van der Waals surface area contributed by atoms with Gasteiger partial charge >= 0.3 is 0 Å². The van der Waals surface area contributed by atoms with E-state index in [9.17, 15) is 4.79 Å². The summed E-state index contributed by atoms with van der Waals surface area (Å²) in [5.74, 6) is 0.895. The second-order valence-electron chi connectivity index (χ2n) is 5.89. The van der Waals surface area contributed by atoms with Crippen LogP contribution in [0.15, 0.2) is 24.3 Å². The molecule has 1 fully saturated rings. The van der Waals surface area contributed by atoms with Crippen LogP contribution in [0, 0.1) is 6.92 Å². The molecule has 1 aromatic carbocycles. The van der Waals surface area contributed by atoms with E-state index < -0.39 is 0 Å². The van der Waals surface area contributed by atoms with Gasteiger partial charge in [-0.2, -0.15) is 0 Å². The third-order valence-corrected chi connectivity index (χ3v) is 4.50. The van der Waals surface area contributed by atoms with Crippen LogP contribution < -0.4 is 10.6 Å². The number of anilines is 2. The normalized spacial score (nSPS) is 14.6. The van der Waals surface area contributed by atoms with Crippen molar-refractivity contribution in [2.45, 2.75) is 38.6 Å². The predicted molar refractivity (Wildman–Crippen MR) is 97.1 cm³/mol. The van der Waals surface area contributed by atoms with Crippen LogP contribution in [0.1, 0.15) is 42.0 Å². The molecule has 2 aromatic rings. The molecule has 1 saturated carbocycles. The van der Waals surface area contributed by atoms with Crippen LogP contribution in [0.4, 0.5) is 11.5 Å². The molecule has 7 heteroatoms. The lowest BCUT2D eigenvalue weighted by atomic mass is 10.2. The van der Waals surface area contributed by atoms with Gasteiger partial charge in [-0.15, -0.1) is 0 Å². The van der Waals surface area contributed by atoms with E-state index in [4.69, 9.17) is 23.2 Å². The minimum absolute atomic E-state index is 0.300. The van der Waals surface area contributed by atoms with Crippen molar-refractivity contribution in [3.05, 3.63) is 45.8 Å². The molecule has 0 atom stereocenters. The molecule has 0 radical (unpaired) electrons. The summed E-state index contributed by atoms with van der Waals surface area (Å²) in [6.45, 7) is 1.77. The fourth-order valence-corrected chi connectivity index (χ4v) is 3.27. The van der Waals surface area contributed by atoms with Gasteiger partial charge in [0, 0.05) is 17.1 Å². The molecule has 1 aromatic heterocycles. The van der Waals surface area contributed by atoms with E-state index in [-0.39, 0.29) is 5.91 Å². The maximum atomic E-state index is 12.5. The SMILES string of the molecule is Cc1nc(NC2CCCC2)cc(C(=O)Nc2ccc(Cl)cc2Cl)n1. The van der Waals surface area contributed by atoms with Crippen molar-refractivity contribution in [1.82, 2.24) is 9.97 Å². The van der Waals surface area contributed by atoms with E-state index in [1.807, 2.05) is 0 Å². The summed E-state index contributed by atoms with van der Waals surface area (Å²) in [7, 11) is 0.